The molecule has 0 saturated carbocycles. The summed E-state index contributed by atoms with van der Waals surface area (Å²) in [6.45, 7) is 7.16. The van der Waals surface area contributed by atoms with Gasteiger partial charge in [0.15, 0.2) is 0 Å². The Labute approximate surface area is 184 Å². The van der Waals surface area contributed by atoms with Crippen LogP contribution in [0.25, 0.3) is 0 Å². The van der Waals surface area contributed by atoms with Crippen LogP contribution in [0.3, 0.4) is 0 Å². The quantitative estimate of drug-likeness (QED) is 0.745. The number of hydrogen-bond donors (Lipinski definition) is 0. The first-order valence-corrected chi connectivity index (χ1v) is 12.3. The minimum Gasteiger partial charge on any atom is -0.340 e. The second-order valence-corrected chi connectivity index (χ2v) is 10.5. The van der Waals surface area contributed by atoms with Crippen molar-refractivity contribution in [2.24, 2.45) is 0 Å². The number of hydrogen-bond acceptors (Lipinski definition) is 4. The van der Waals surface area contributed by atoms with E-state index in [1.807, 2.05) is 11.3 Å². The molecule has 160 valence electrons. The molecule has 5 rings (SSSR count). The highest BCUT2D eigenvalue weighted by molar-refractivity contribution is 7.09. The minimum absolute atomic E-state index is 0.273. The van der Waals surface area contributed by atoms with Gasteiger partial charge in [-0.15, -0.1) is 11.3 Å². The van der Waals surface area contributed by atoms with E-state index in [0.29, 0.717) is 18.2 Å². The van der Waals surface area contributed by atoms with Crippen LogP contribution in [0.2, 0.25) is 0 Å². The van der Waals surface area contributed by atoms with Gasteiger partial charge in [-0.25, -0.2) is 0 Å². The second-order valence-electron chi connectivity index (χ2n) is 9.51. The smallest absolute Gasteiger partial charge is 0.223 e. The van der Waals surface area contributed by atoms with Crippen molar-refractivity contribution in [1.82, 2.24) is 14.7 Å². The summed E-state index contributed by atoms with van der Waals surface area (Å²) < 4.78 is 0. The van der Waals surface area contributed by atoms with Gasteiger partial charge in [-0.2, -0.15) is 0 Å². The molecule has 4 nitrogen and oxygen atoms in total. The van der Waals surface area contributed by atoms with E-state index >= 15 is 0 Å². The molecule has 1 amide bonds. The fourth-order valence-electron chi connectivity index (χ4n) is 5.84. The third kappa shape index (κ3) is 3.95. The zero-order valence-corrected chi connectivity index (χ0v) is 18.9. The van der Waals surface area contributed by atoms with Crippen molar-refractivity contribution in [3.05, 3.63) is 57.8 Å². The van der Waals surface area contributed by atoms with E-state index < -0.39 is 0 Å². The van der Waals surface area contributed by atoms with Crippen LogP contribution < -0.4 is 0 Å². The van der Waals surface area contributed by atoms with Crippen molar-refractivity contribution < 1.29 is 4.79 Å². The Morgan fingerprint density at radius 1 is 1.03 bits per heavy atom. The maximum Gasteiger partial charge on any atom is 0.223 e. The van der Waals surface area contributed by atoms with Gasteiger partial charge in [0, 0.05) is 44.0 Å². The molecule has 1 aromatic carbocycles. The van der Waals surface area contributed by atoms with Gasteiger partial charge >= 0.3 is 0 Å². The summed E-state index contributed by atoms with van der Waals surface area (Å²) in [6.07, 6.45) is 4.27. The van der Waals surface area contributed by atoms with Crippen LogP contribution in [0.15, 0.2) is 41.8 Å². The first kappa shape index (κ1) is 20.2. The summed E-state index contributed by atoms with van der Waals surface area (Å²) in [6, 6.07) is 13.4. The second kappa shape index (κ2) is 8.45. The molecular weight excluding hydrogens is 390 g/mol. The molecule has 1 aliphatic carbocycles. The van der Waals surface area contributed by atoms with Crippen LogP contribution >= 0.6 is 11.3 Å². The Morgan fingerprint density at radius 3 is 2.53 bits per heavy atom. The monoisotopic (exact) mass is 423 g/mol. The number of fused-ring (bicyclic) bond motifs is 2. The Bertz CT molecular complexity index is 864. The zero-order valence-electron chi connectivity index (χ0n) is 18.1. The van der Waals surface area contributed by atoms with E-state index in [4.69, 9.17) is 0 Å². The summed E-state index contributed by atoms with van der Waals surface area (Å²) in [4.78, 5) is 21.6. The van der Waals surface area contributed by atoms with E-state index in [1.54, 1.807) is 0 Å². The number of nitrogens with zero attached hydrogens (tertiary/aromatic N) is 3. The molecule has 1 atom stereocenters. The lowest BCUT2D eigenvalue weighted by Crippen LogP contribution is -2.47. The number of piperidine rings is 1. The van der Waals surface area contributed by atoms with Crippen molar-refractivity contribution in [1.29, 1.82) is 0 Å². The normalized spacial score (nSPS) is 24.3. The van der Waals surface area contributed by atoms with Crippen LogP contribution in [-0.4, -0.2) is 66.9 Å². The molecule has 2 aliphatic heterocycles. The Hall–Kier alpha value is -1.69. The Kier molecular flexibility index (Phi) is 5.69. The molecule has 1 spiro atoms. The van der Waals surface area contributed by atoms with Gasteiger partial charge in [0.1, 0.15) is 0 Å². The Balaban J connectivity index is 1.27. The van der Waals surface area contributed by atoms with E-state index in [2.05, 4.69) is 63.5 Å². The fraction of sp³-hybridized carbons (Fsp3) is 0.560. The molecule has 0 bridgehead atoms. The number of carbonyl (C=O) groups is 1. The highest BCUT2D eigenvalue weighted by Crippen LogP contribution is 2.52. The standard InChI is InChI=1S/C25H33N3OS/c1-26-12-14-28(15-13-26)24(29)17-20-18-25(23-7-3-2-6-22(20)23)8-10-27(11-9-25)19-21-5-4-16-30-21/h2-7,16,20H,8-15,17-19H2,1H3/t20-/m0/s1. The number of piperazine rings is 1. The summed E-state index contributed by atoms with van der Waals surface area (Å²) in [5.41, 5.74) is 3.26. The molecule has 2 saturated heterocycles. The van der Waals surface area contributed by atoms with E-state index in [1.165, 1.54) is 28.8 Å². The van der Waals surface area contributed by atoms with Gasteiger partial charge in [-0.05, 0) is 73.3 Å². The van der Waals surface area contributed by atoms with E-state index in [0.717, 1.165) is 52.2 Å². The lowest BCUT2D eigenvalue weighted by molar-refractivity contribution is -0.133. The van der Waals surface area contributed by atoms with Crippen LogP contribution in [0.1, 0.15) is 47.6 Å². The maximum absolute atomic E-state index is 13.1. The molecule has 2 aromatic rings. The van der Waals surface area contributed by atoms with Crippen LogP contribution in [0.4, 0.5) is 0 Å². The molecule has 0 N–H and O–H groups in total. The predicted molar refractivity (Wildman–Crippen MR) is 123 cm³/mol. The summed E-state index contributed by atoms with van der Waals surface area (Å²) in [7, 11) is 2.14. The SMILES string of the molecule is CN1CCN(C(=O)C[C@H]2CC3(CCN(Cc4cccs4)CC3)c3ccccc32)CC1. The zero-order chi connectivity index (χ0) is 20.6. The first-order chi connectivity index (χ1) is 14.6. The minimum atomic E-state index is 0.273. The fourth-order valence-corrected chi connectivity index (χ4v) is 6.59. The lowest BCUT2D eigenvalue weighted by Gasteiger charge is -2.40. The third-order valence-electron chi connectivity index (χ3n) is 7.66. The van der Waals surface area contributed by atoms with Gasteiger partial charge < -0.3 is 9.80 Å². The van der Waals surface area contributed by atoms with Crippen molar-refractivity contribution in [2.45, 2.75) is 43.6 Å². The molecule has 5 heteroatoms. The van der Waals surface area contributed by atoms with Crippen LogP contribution in [0.5, 0.6) is 0 Å². The average Bonchev–Trinajstić information content (AvgIpc) is 3.38. The first-order valence-electron chi connectivity index (χ1n) is 11.4. The number of likely N-dealkylation sites (N-methyl/N-ethyl adjacent to an activating group) is 1. The van der Waals surface area contributed by atoms with Crippen molar-refractivity contribution in [3.8, 4) is 0 Å². The van der Waals surface area contributed by atoms with E-state index in [9.17, 15) is 4.79 Å². The number of likely N-dealkylation sites (tertiary alicyclic amines) is 1. The molecular formula is C25H33N3OS. The molecule has 30 heavy (non-hydrogen) atoms. The maximum atomic E-state index is 13.1. The predicted octanol–water partition coefficient (Wildman–Crippen LogP) is 3.93. The van der Waals surface area contributed by atoms with Gasteiger partial charge in [-0.3, -0.25) is 9.69 Å². The summed E-state index contributed by atoms with van der Waals surface area (Å²) in [5, 5.41) is 2.18. The number of thiophene rings is 1. The van der Waals surface area contributed by atoms with Gasteiger partial charge in [0.05, 0.1) is 0 Å². The molecule has 2 fully saturated rings. The van der Waals surface area contributed by atoms with Crippen molar-refractivity contribution >= 4 is 17.2 Å². The topological polar surface area (TPSA) is 26.8 Å². The Morgan fingerprint density at radius 2 is 1.80 bits per heavy atom. The third-order valence-corrected chi connectivity index (χ3v) is 8.52. The number of amides is 1. The largest absolute Gasteiger partial charge is 0.340 e. The molecule has 0 unspecified atom stereocenters. The highest BCUT2D eigenvalue weighted by atomic mass is 32.1. The number of carbonyl (C=O) groups excluding carboxylic acids is 1. The van der Waals surface area contributed by atoms with Crippen molar-refractivity contribution in [2.75, 3.05) is 46.3 Å². The molecule has 3 heterocycles. The molecule has 3 aliphatic rings. The lowest BCUT2D eigenvalue weighted by atomic mass is 9.73. The molecule has 0 radical (unpaired) electrons. The highest BCUT2D eigenvalue weighted by Gasteiger charge is 2.45. The van der Waals surface area contributed by atoms with Crippen LogP contribution in [0, 0.1) is 0 Å². The average molecular weight is 424 g/mol. The van der Waals surface area contributed by atoms with Gasteiger partial charge in [0.2, 0.25) is 5.91 Å². The van der Waals surface area contributed by atoms with E-state index in [-0.39, 0.29) is 5.41 Å². The van der Waals surface area contributed by atoms with Crippen molar-refractivity contribution in [3.63, 3.8) is 0 Å². The number of benzene rings is 1. The van der Waals surface area contributed by atoms with Gasteiger partial charge in [0.25, 0.3) is 0 Å². The van der Waals surface area contributed by atoms with Crippen LogP contribution in [-0.2, 0) is 16.8 Å². The molecule has 1 aromatic heterocycles. The van der Waals surface area contributed by atoms with Gasteiger partial charge in [-0.1, -0.05) is 30.3 Å². The number of rotatable bonds is 4. The summed E-state index contributed by atoms with van der Waals surface area (Å²) in [5.74, 6) is 0.743. The summed E-state index contributed by atoms with van der Waals surface area (Å²) >= 11 is 1.86.